The molecule has 0 saturated carbocycles. The zero-order valence-electron chi connectivity index (χ0n) is 8.98. The van der Waals surface area contributed by atoms with E-state index in [0.29, 0.717) is 0 Å². The minimum Gasteiger partial charge on any atom is -0.351 e. The summed E-state index contributed by atoms with van der Waals surface area (Å²) in [5.74, 6) is 0. The first kappa shape index (κ1) is 15.8. The maximum absolute atomic E-state index is 9.04. The van der Waals surface area contributed by atoms with Crippen molar-refractivity contribution >= 4 is 34.8 Å². The van der Waals surface area contributed by atoms with E-state index in [1.165, 1.54) is 19.3 Å². The molecule has 0 unspecified atom stereocenters. The molecule has 0 aliphatic carbocycles. The third-order valence-corrected chi connectivity index (χ3v) is 3.73. The van der Waals surface area contributed by atoms with Crippen molar-refractivity contribution < 1.29 is 10.2 Å². The standard InChI is InChI=1S/C10H19Cl3O2/c1-2-3-4-5-6-7-8-9(11,12)10(13,14)15/h14-15H,2-8H2,1H3. The monoisotopic (exact) mass is 276 g/mol. The van der Waals surface area contributed by atoms with Crippen molar-refractivity contribution in [1.29, 1.82) is 0 Å². The molecule has 15 heavy (non-hydrogen) atoms. The lowest BCUT2D eigenvalue weighted by molar-refractivity contribution is -0.0975. The van der Waals surface area contributed by atoms with Gasteiger partial charge in [0.15, 0.2) is 4.33 Å². The Labute approximate surface area is 107 Å². The van der Waals surface area contributed by atoms with Crippen molar-refractivity contribution in [1.82, 2.24) is 0 Å². The fourth-order valence-corrected chi connectivity index (χ4v) is 1.65. The average Bonchev–Trinajstić information content (AvgIpc) is 2.09. The fourth-order valence-electron chi connectivity index (χ4n) is 1.29. The molecule has 0 aromatic rings. The molecule has 0 aliphatic rings. The topological polar surface area (TPSA) is 40.5 Å². The molecule has 0 rings (SSSR count). The van der Waals surface area contributed by atoms with Gasteiger partial charge < -0.3 is 10.2 Å². The van der Waals surface area contributed by atoms with E-state index in [9.17, 15) is 0 Å². The number of unbranched alkanes of at least 4 members (excludes halogenated alkanes) is 5. The van der Waals surface area contributed by atoms with E-state index in [-0.39, 0.29) is 6.42 Å². The lowest BCUT2D eigenvalue weighted by Crippen LogP contribution is -2.40. The summed E-state index contributed by atoms with van der Waals surface area (Å²) in [5, 5.41) is 15.5. The van der Waals surface area contributed by atoms with E-state index < -0.39 is 9.58 Å². The number of hydrogen-bond donors (Lipinski definition) is 2. The average molecular weight is 278 g/mol. The quantitative estimate of drug-likeness (QED) is 0.403. The molecule has 0 aromatic carbocycles. The Morgan fingerprint density at radius 2 is 1.33 bits per heavy atom. The molecular weight excluding hydrogens is 258 g/mol. The molecule has 0 aliphatic heterocycles. The summed E-state index contributed by atoms with van der Waals surface area (Å²) in [5.41, 5.74) is 0. The maximum Gasteiger partial charge on any atom is 0.277 e. The largest absolute Gasteiger partial charge is 0.351 e. The molecule has 92 valence electrons. The van der Waals surface area contributed by atoms with Gasteiger partial charge in [-0.15, -0.1) is 0 Å². The van der Waals surface area contributed by atoms with Crippen LogP contribution < -0.4 is 0 Å². The van der Waals surface area contributed by atoms with Crippen LogP contribution in [0.4, 0.5) is 0 Å². The van der Waals surface area contributed by atoms with Gasteiger partial charge in [-0.25, -0.2) is 0 Å². The van der Waals surface area contributed by atoms with Gasteiger partial charge >= 0.3 is 0 Å². The van der Waals surface area contributed by atoms with Gasteiger partial charge in [-0.1, -0.05) is 80.3 Å². The predicted molar refractivity (Wildman–Crippen MR) is 65.5 cm³/mol. The van der Waals surface area contributed by atoms with E-state index in [4.69, 9.17) is 45.0 Å². The molecule has 0 spiro atoms. The van der Waals surface area contributed by atoms with Crippen LogP contribution in [-0.2, 0) is 0 Å². The normalized spacial score (nSPS) is 13.2. The van der Waals surface area contributed by atoms with Gasteiger partial charge in [-0.05, 0) is 6.42 Å². The van der Waals surface area contributed by atoms with Gasteiger partial charge in [-0.3, -0.25) is 0 Å². The lowest BCUT2D eigenvalue weighted by atomic mass is 10.1. The van der Waals surface area contributed by atoms with Crippen LogP contribution in [0.1, 0.15) is 51.9 Å². The molecule has 0 amide bonds. The van der Waals surface area contributed by atoms with Crippen LogP contribution in [0.15, 0.2) is 0 Å². The third-order valence-electron chi connectivity index (χ3n) is 2.31. The van der Waals surface area contributed by atoms with Crippen molar-refractivity contribution in [2.75, 3.05) is 0 Å². The smallest absolute Gasteiger partial charge is 0.277 e. The van der Waals surface area contributed by atoms with Crippen LogP contribution >= 0.6 is 34.8 Å². The molecular formula is C10H19Cl3O2. The second-order valence-corrected chi connectivity index (χ2v) is 5.82. The summed E-state index contributed by atoms with van der Waals surface area (Å²) in [4.78, 5) is 0. The Balaban J connectivity index is 3.58. The molecule has 2 nitrogen and oxygen atoms in total. The Kier molecular flexibility index (Phi) is 7.56. The van der Waals surface area contributed by atoms with E-state index in [1.807, 2.05) is 0 Å². The van der Waals surface area contributed by atoms with Crippen molar-refractivity contribution in [3.8, 4) is 0 Å². The highest BCUT2D eigenvalue weighted by molar-refractivity contribution is 6.52. The van der Waals surface area contributed by atoms with Crippen molar-refractivity contribution in [3.05, 3.63) is 0 Å². The number of aliphatic hydroxyl groups is 2. The van der Waals surface area contributed by atoms with E-state index in [2.05, 4.69) is 6.92 Å². The van der Waals surface area contributed by atoms with Crippen molar-refractivity contribution in [2.45, 2.75) is 61.4 Å². The van der Waals surface area contributed by atoms with Gasteiger partial charge in [0.25, 0.3) is 5.25 Å². The van der Waals surface area contributed by atoms with Gasteiger partial charge in [0.1, 0.15) is 0 Å². The van der Waals surface area contributed by atoms with Crippen LogP contribution in [0.2, 0.25) is 0 Å². The summed E-state index contributed by atoms with van der Waals surface area (Å²) in [6.07, 6.45) is 6.74. The Morgan fingerprint density at radius 3 is 1.80 bits per heavy atom. The van der Waals surface area contributed by atoms with Gasteiger partial charge in [-0.2, -0.15) is 0 Å². The lowest BCUT2D eigenvalue weighted by Gasteiger charge is -2.28. The maximum atomic E-state index is 9.04. The molecule has 0 fully saturated rings. The summed E-state index contributed by atoms with van der Waals surface area (Å²) >= 11 is 16.6. The zero-order chi connectivity index (χ0) is 11.9. The molecule has 0 radical (unpaired) electrons. The molecule has 2 N–H and O–H groups in total. The second kappa shape index (κ2) is 7.18. The van der Waals surface area contributed by atoms with Crippen LogP contribution in [0.25, 0.3) is 0 Å². The summed E-state index contributed by atoms with van der Waals surface area (Å²) in [6.45, 7) is 2.15. The van der Waals surface area contributed by atoms with Gasteiger partial charge in [0.05, 0.1) is 0 Å². The highest BCUT2D eigenvalue weighted by Crippen LogP contribution is 2.39. The van der Waals surface area contributed by atoms with E-state index >= 15 is 0 Å². The highest BCUT2D eigenvalue weighted by atomic mass is 35.5. The van der Waals surface area contributed by atoms with Gasteiger partial charge in [0.2, 0.25) is 0 Å². The Morgan fingerprint density at radius 1 is 0.867 bits per heavy atom. The van der Waals surface area contributed by atoms with Crippen LogP contribution in [0.5, 0.6) is 0 Å². The SMILES string of the molecule is CCCCCCCCC(Cl)(Cl)C(O)(O)Cl. The molecule has 0 atom stereocenters. The van der Waals surface area contributed by atoms with E-state index in [1.54, 1.807) is 0 Å². The molecule has 0 heterocycles. The predicted octanol–water partition coefficient (Wildman–Crippen LogP) is 3.79. The van der Waals surface area contributed by atoms with Crippen LogP contribution in [-0.4, -0.2) is 19.8 Å². The Hall–Kier alpha value is 0.790. The van der Waals surface area contributed by atoms with Crippen molar-refractivity contribution in [3.63, 3.8) is 0 Å². The van der Waals surface area contributed by atoms with Crippen LogP contribution in [0, 0.1) is 0 Å². The first-order valence-corrected chi connectivity index (χ1v) is 6.46. The minimum atomic E-state index is -2.56. The first-order valence-electron chi connectivity index (χ1n) is 5.32. The van der Waals surface area contributed by atoms with Crippen LogP contribution in [0.3, 0.4) is 0 Å². The van der Waals surface area contributed by atoms with Gasteiger partial charge in [0, 0.05) is 0 Å². The highest BCUT2D eigenvalue weighted by Gasteiger charge is 2.45. The summed E-state index contributed by atoms with van der Waals surface area (Å²) in [7, 11) is 0. The fraction of sp³-hybridized carbons (Fsp3) is 1.00. The first-order chi connectivity index (χ1) is 6.81. The Bertz CT molecular complexity index is 167. The summed E-state index contributed by atoms with van der Waals surface area (Å²) in [6, 6.07) is 0. The number of rotatable bonds is 8. The summed E-state index contributed by atoms with van der Waals surface area (Å²) < 4.78 is -1.70. The van der Waals surface area contributed by atoms with Crippen molar-refractivity contribution in [2.24, 2.45) is 0 Å². The number of halogens is 3. The third kappa shape index (κ3) is 6.85. The minimum absolute atomic E-state index is 0.277. The molecule has 0 bridgehead atoms. The molecule has 0 aromatic heterocycles. The zero-order valence-corrected chi connectivity index (χ0v) is 11.2. The number of hydrogen-bond acceptors (Lipinski definition) is 2. The molecule has 5 heteroatoms. The number of alkyl halides is 3. The second-order valence-electron chi connectivity index (χ2n) is 3.81. The van der Waals surface area contributed by atoms with E-state index in [0.717, 1.165) is 19.3 Å². The molecule has 0 saturated heterocycles.